The molecule has 0 aliphatic carbocycles. The molecule has 0 bridgehead atoms. The van der Waals surface area contributed by atoms with Crippen LogP contribution >= 0.6 is 12.4 Å². The molecule has 2 rings (SSSR count). The highest BCUT2D eigenvalue weighted by Crippen LogP contribution is 2.21. The lowest BCUT2D eigenvalue weighted by Gasteiger charge is -2.18. The van der Waals surface area contributed by atoms with Crippen molar-refractivity contribution in [1.29, 1.82) is 0 Å². The molecule has 106 valence electrons. The van der Waals surface area contributed by atoms with Gasteiger partial charge in [-0.15, -0.1) is 12.4 Å². The molecule has 19 heavy (non-hydrogen) atoms. The largest absolute Gasteiger partial charge is 0.338 e. The summed E-state index contributed by atoms with van der Waals surface area (Å²) in [5.74, 6) is 0.791. The monoisotopic (exact) mass is 282 g/mol. The van der Waals surface area contributed by atoms with Crippen molar-refractivity contribution in [3.05, 3.63) is 34.9 Å². The van der Waals surface area contributed by atoms with Crippen LogP contribution in [0.15, 0.2) is 18.2 Å². The maximum absolute atomic E-state index is 12.5. The third-order valence-corrected chi connectivity index (χ3v) is 3.90. The average Bonchev–Trinajstić information content (AvgIpc) is 2.81. The Hall–Kier alpha value is -1.06. The van der Waals surface area contributed by atoms with Crippen molar-refractivity contribution in [3.8, 4) is 0 Å². The van der Waals surface area contributed by atoms with Crippen LogP contribution in [0, 0.1) is 19.8 Å². The molecule has 1 N–H and O–H groups in total. The van der Waals surface area contributed by atoms with Crippen molar-refractivity contribution in [3.63, 3.8) is 0 Å². The maximum atomic E-state index is 12.5. The van der Waals surface area contributed by atoms with E-state index in [1.807, 2.05) is 31.0 Å². The Labute approximate surface area is 121 Å². The summed E-state index contributed by atoms with van der Waals surface area (Å²) >= 11 is 0. The second-order valence-corrected chi connectivity index (χ2v) is 5.21. The first-order chi connectivity index (χ1) is 8.63. The number of aryl methyl sites for hydroxylation is 1. The normalized spacial score (nSPS) is 18.3. The van der Waals surface area contributed by atoms with Crippen molar-refractivity contribution < 1.29 is 4.79 Å². The molecule has 4 heteroatoms. The molecule has 1 unspecified atom stereocenters. The van der Waals surface area contributed by atoms with Gasteiger partial charge in [0.05, 0.1) is 0 Å². The number of carbonyl (C=O) groups excluding carboxylic acids is 1. The van der Waals surface area contributed by atoms with Crippen LogP contribution in [0.4, 0.5) is 0 Å². The quantitative estimate of drug-likeness (QED) is 0.923. The van der Waals surface area contributed by atoms with E-state index in [-0.39, 0.29) is 18.3 Å². The number of carbonyl (C=O) groups is 1. The van der Waals surface area contributed by atoms with Gasteiger partial charge in [-0.05, 0) is 57.0 Å². The lowest BCUT2D eigenvalue weighted by Crippen LogP contribution is -2.30. The van der Waals surface area contributed by atoms with Crippen LogP contribution in [0.3, 0.4) is 0 Å². The molecule has 1 heterocycles. The molecule has 0 aromatic heterocycles. The molecule has 1 fully saturated rings. The van der Waals surface area contributed by atoms with Gasteiger partial charge >= 0.3 is 0 Å². The van der Waals surface area contributed by atoms with Crippen molar-refractivity contribution in [2.24, 2.45) is 5.92 Å². The minimum absolute atomic E-state index is 0. The van der Waals surface area contributed by atoms with Crippen molar-refractivity contribution >= 4 is 18.3 Å². The van der Waals surface area contributed by atoms with E-state index >= 15 is 0 Å². The summed E-state index contributed by atoms with van der Waals surface area (Å²) in [4.78, 5) is 14.5. The van der Waals surface area contributed by atoms with Crippen LogP contribution in [0.25, 0.3) is 0 Å². The molecular formula is C15H23ClN2O. The minimum Gasteiger partial charge on any atom is -0.338 e. The SMILES string of the molecule is CNCC1CCN(C(=O)c2cccc(C)c2C)C1.Cl. The Balaban J connectivity index is 0.00000180. The Morgan fingerprint density at radius 1 is 1.42 bits per heavy atom. The first-order valence-electron chi connectivity index (χ1n) is 6.63. The highest BCUT2D eigenvalue weighted by Gasteiger charge is 2.27. The first-order valence-corrected chi connectivity index (χ1v) is 6.63. The van der Waals surface area contributed by atoms with E-state index in [1.54, 1.807) is 0 Å². The van der Waals surface area contributed by atoms with Crippen LogP contribution < -0.4 is 5.32 Å². The predicted octanol–water partition coefficient (Wildman–Crippen LogP) is 2.41. The second-order valence-electron chi connectivity index (χ2n) is 5.21. The van der Waals surface area contributed by atoms with Crippen molar-refractivity contribution in [2.75, 3.05) is 26.7 Å². The van der Waals surface area contributed by atoms with Crippen molar-refractivity contribution in [2.45, 2.75) is 20.3 Å². The fraction of sp³-hybridized carbons (Fsp3) is 0.533. The van der Waals surface area contributed by atoms with Gasteiger partial charge in [0, 0.05) is 18.7 Å². The number of likely N-dealkylation sites (tertiary alicyclic amines) is 1. The smallest absolute Gasteiger partial charge is 0.254 e. The molecule has 1 atom stereocenters. The van der Waals surface area contributed by atoms with Crippen LogP contribution in [0.1, 0.15) is 27.9 Å². The third-order valence-electron chi connectivity index (χ3n) is 3.90. The summed E-state index contributed by atoms with van der Waals surface area (Å²) in [6.07, 6.45) is 1.11. The van der Waals surface area contributed by atoms with Gasteiger partial charge in [-0.2, -0.15) is 0 Å². The first kappa shape index (κ1) is 16.0. The summed E-state index contributed by atoms with van der Waals surface area (Å²) in [6, 6.07) is 5.96. The van der Waals surface area contributed by atoms with Crippen LogP contribution in [0.2, 0.25) is 0 Å². The third kappa shape index (κ3) is 3.48. The highest BCUT2D eigenvalue weighted by molar-refractivity contribution is 5.96. The Bertz CT molecular complexity index is 448. The fourth-order valence-electron chi connectivity index (χ4n) is 2.63. The van der Waals surface area contributed by atoms with Crippen molar-refractivity contribution in [1.82, 2.24) is 10.2 Å². The van der Waals surface area contributed by atoms with Gasteiger partial charge in [0.2, 0.25) is 0 Å². The summed E-state index contributed by atoms with van der Waals surface area (Å²) in [7, 11) is 1.97. The zero-order valence-electron chi connectivity index (χ0n) is 11.9. The molecule has 1 aliphatic rings. The van der Waals surface area contributed by atoms with E-state index in [9.17, 15) is 4.79 Å². The topological polar surface area (TPSA) is 32.3 Å². The molecule has 0 spiro atoms. The Morgan fingerprint density at radius 2 is 2.16 bits per heavy atom. The van der Waals surface area contributed by atoms with E-state index in [1.165, 1.54) is 5.56 Å². The number of nitrogens with zero attached hydrogens (tertiary/aromatic N) is 1. The van der Waals surface area contributed by atoms with Crippen LogP contribution in [-0.2, 0) is 0 Å². The van der Waals surface area contributed by atoms with E-state index in [0.717, 1.165) is 37.2 Å². The number of nitrogens with one attached hydrogen (secondary N) is 1. The number of amides is 1. The van der Waals surface area contributed by atoms with E-state index < -0.39 is 0 Å². The summed E-state index contributed by atoms with van der Waals surface area (Å²) in [6.45, 7) is 6.85. The van der Waals surface area contributed by atoms with E-state index in [4.69, 9.17) is 0 Å². The zero-order valence-corrected chi connectivity index (χ0v) is 12.7. The number of hydrogen-bond acceptors (Lipinski definition) is 2. The second kappa shape index (κ2) is 6.92. The molecule has 3 nitrogen and oxygen atoms in total. The van der Waals surface area contributed by atoms with E-state index in [0.29, 0.717) is 5.92 Å². The number of benzene rings is 1. The van der Waals surface area contributed by atoms with Gasteiger partial charge in [0.1, 0.15) is 0 Å². The average molecular weight is 283 g/mol. The Morgan fingerprint density at radius 3 is 2.84 bits per heavy atom. The Kier molecular flexibility index (Phi) is 5.83. The highest BCUT2D eigenvalue weighted by atomic mass is 35.5. The lowest BCUT2D eigenvalue weighted by molar-refractivity contribution is 0.0786. The lowest BCUT2D eigenvalue weighted by atomic mass is 10.0. The van der Waals surface area contributed by atoms with E-state index in [2.05, 4.69) is 18.3 Å². The maximum Gasteiger partial charge on any atom is 0.254 e. The summed E-state index contributed by atoms with van der Waals surface area (Å²) in [5, 5.41) is 3.19. The van der Waals surface area contributed by atoms with Crippen LogP contribution in [-0.4, -0.2) is 37.5 Å². The molecule has 1 saturated heterocycles. The molecule has 0 radical (unpaired) electrons. The van der Waals surface area contributed by atoms with Gasteiger partial charge in [0.15, 0.2) is 0 Å². The zero-order chi connectivity index (χ0) is 13.1. The molecule has 1 aliphatic heterocycles. The van der Waals surface area contributed by atoms with Gasteiger partial charge in [-0.3, -0.25) is 4.79 Å². The van der Waals surface area contributed by atoms with Gasteiger partial charge < -0.3 is 10.2 Å². The van der Waals surface area contributed by atoms with Gasteiger partial charge in [0.25, 0.3) is 5.91 Å². The molecular weight excluding hydrogens is 260 g/mol. The fourth-order valence-corrected chi connectivity index (χ4v) is 2.63. The number of hydrogen-bond donors (Lipinski definition) is 1. The van der Waals surface area contributed by atoms with Crippen LogP contribution in [0.5, 0.6) is 0 Å². The van der Waals surface area contributed by atoms with Gasteiger partial charge in [-0.1, -0.05) is 12.1 Å². The van der Waals surface area contributed by atoms with Gasteiger partial charge in [-0.25, -0.2) is 0 Å². The summed E-state index contributed by atoms with van der Waals surface area (Å²) < 4.78 is 0. The molecule has 1 aromatic rings. The minimum atomic E-state index is 0. The molecule has 1 amide bonds. The summed E-state index contributed by atoms with van der Waals surface area (Å²) in [5.41, 5.74) is 3.16. The predicted molar refractivity (Wildman–Crippen MR) is 81.1 cm³/mol. The molecule has 1 aromatic carbocycles. The number of rotatable bonds is 3. The standard InChI is InChI=1S/C15H22N2O.ClH/c1-11-5-4-6-14(12(11)2)15(18)17-8-7-13(10-17)9-16-3;/h4-6,13,16H,7-10H2,1-3H3;1H. The molecule has 0 saturated carbocycles. The number of halogens is 1.